The van der Waals surface area contributed by atoms with Crippen LogP contribution in [0.4, 0.5) is 0 Å². The van der Waals surface area contributed by atoms with Gasteiger partial charge < -0.3 is 14.4 Å². The van der Waals surface area contributed by atoms with Crippen molar-refractivity contribution >= 4 is 16.7 Å². The van der Waals surface area contributed by atoms with Crippen molar-refractivity contribution in [3.63, 3.8) is 0 Å². The predicted molar refractivity (Wildman–Crippen MR) is 124 cm³/mol. The molecule has 0 radical (unpaired) electrons. The molecule has 31 heavy (non-hydrogen) atoms. The smallest absolute Gasteiger partial charge is 0.236 e. The molecule has 0 spiro atoms. The molecule has 1 amide bonds. The molecule has 0 unspecified atom stereocenters. The number of likely N-dealkylation sites (tertiary alicyclic amines) is 1. The van der Waals surface area contributed by atoms with Gasteiger partial charge >= 0.3 is 0 Å². The maximum absolute atomic E-state index is 13.0. The van der Waals surface area contributed by atoms with Crippen LogP contribution in [-0.4, -0.2) is 50.1 Å². The van der Waals surface area contributed by atoms with Gasteiger partial charge in [0.2, 0.25) is 5.91 Å². The largest absolute Gasteiger partial charge is 0.497 e. The molecule has 1 fully saturated rings. The number of likely N-dealkylation sites (N-methyl/N-ethyl adjacent to an activating group) is 1. The lowest BCUT2D eigenvalue weighted by molar-refractivity contribution is -0.131. The Kier molecular flexibility index (Phi) is 6.42. The van der Waals surface area contributed by atoms with Crippen LogP contribution in [0.3, 0.4) is 0 Å². The third-order valence-corrected chi connectivity index (χ3v) is 6.16. The average molecular weight is 419 g/mol. The summed E-state index contributed by atoms with van der Waals surface area (Å²) in [5, 5.41) is 2.29. The van der Waals surface area contributed by atoms with Gasteiger partial charge in [-0.1, -0.05) is 30.3 Å². The summed E-state index contributed by atoms with van der Waals surface area (Å²) in [6.45, 7) is 1.99. The van der Waals surface area contributed by atoms with Crippen LogP contribution < -0.4 is 9.47 Å². The van der Waals surface area contributed by atoms with Crippen LogP contribution in [0.5, 0.6) is 11.5 Å². The molecule has 1 saturated heterocycles. The fourth-order valence-corrected chi connectivity index (χ4v) is 4.37. The van der Waals surface area contributed by atoms with E-state index >= 15 is 0 Å². The first kappa shape index (κ1) is 21.2. The number of nitrogens with zero attached hydrogens (tertiary/aromatic N) is 2. The van der Waals surface area contributed by atoms with Gasteiger partial charge in [0, 0.05) is 19.6 Å². The number of amides is 1. The minimum absolute atomic E-state index is 0.148. The molecule has 1 atom stereocenters. The van der Waals surface area contributed by atoms with Crippen LogP contribution >= 0.6 is 0 Å². The molecular formula is C26H30N2O3. The zero-order valence-corrected chi connectivity index (χ0v) is 18.5. The van der Waals surface area contributed by atoms with Crippen molar-refractivity contribution in [2.75, 3.05) is 34.4 Å². The van der Waals surface area contributed by atoms with E-state index in [1.165, 1.54) is 5.56 Å². The normalized spacial score (nSPS) is 16.4. The summed E-state index contributed by atoms with van der Waals surface area (Å²) in [6.07, 6.45) is 2.19. The minimum Gasteiger partial charge on any atom is -0.497 e. The molecule has 0 saturated carbocycles. The number of methoxy groups -OCH3 is 2. The van der Waals surface area contributed by atoms with Crippen LogP contribution in [-0.2, 0) is 11.3 Å². The molecule has 4 rings (SSSR count). The van der Waals surface area contributed by atoms with Gasteiger partial charge in [-0.25, -0.2) is 0 Å². The number of hydrogen-bond donors (Lipinski definition) is 0. The van der Waals surface area contributed by atoms with Crippen LogP contribution in [0.1, 0.15) is 30.0 Å². The SMILES string of the molecule is COc1ccc([C@H]2CCCN2CC(=O)N(C)Cc2ccc3cc(OC)ccc3c2)cc1. The van der Waals surface area contributed by atoms with E-state index in [1.54, 1.807) is 14.2 Å². The van der Waals surface area contributed by atoms with Gasteiger partial charge in [-0.05, 0) is 71.6 Å². The number of fused-ring (bicyclic) bond motifs is 1. The van der Waals surface area contributed by atoms with Crippen LogP contribution in [0.2, 0.25) is 0 Å². The highest BCUT2D eigenvalue weighted by Crippen LogP contribution is 2.32. The lowest BCUT2D eigenvalue weighted by Crippen LogP contribution is -2.37. The summed E-state index contributed by atoms with van der Waals surface area (Å²) in [7, 11) is 5.24. The second kappa shape index (κ2) is 9.40. The quantitative estimate of drug-likeness (QED) is 0.560. The van der Waals surface area contributed by atoms with E-state index in [1.807, 2.05) is 36.2 Å². The molecule has 0 aromatic heterocycles. The van der Waals surface area contributed by atoms with E-state index in [0.29, 0.717) is 19.1 Å². The average Bonchev–Trinajstić information content (AvgIpc) is 3.26. The molecule has 3 aromatic carbocycles. The number of benzene rings is 3. The standard InChI is InChI=1S/C26H30N2O3/c1-27(17-19-6-7-22-16-24(31-3)13-10-21(22)15-19)26(29)18-28-14-4-5-25(28)20-8-11-23(30-2)12-9-20/h6-13,15-16,25H,4-5,14,17-18H2,1-3H3/t25-/m1/s1. The Balaban J connectivity index is 1.40. The van der Waals surface area contributed by atoms with E-state index in [0.717, 1.165) is 47.2 Å². The van der Waals surface area contributed by atoms with E-state index in [2.05, 4.69) is 41.3 Å². The number of ether oxygens (including phenoxy) is 2. The maximum Gasteiger partial charge on any atom is 0.236 e. The Bertz CT molecular complexity index is 1050. The highest BCUT2D eigenvalue weighted by molar-refractivity contribution is 5.84. The zero-order valence-electron chi connectivity index (χ0n) is 18.5. The van der Waals surface area contributed by atoms with E-state index in [9.17, 15) is 4.79 Å². The van der Waals surface area contributed by atoms with Crippen molar-refractivity contribution < 1.29 is 14.3 Å². The van der Waals surface area contributed by atoms with Gasteiger partial charge in [-0.2, -0.15) is 0 Å². The molecule has 0 bridgehead atoms. The van der Waals surface area contributed by atoms with Gasteiger partial charge in [0.1, 0.15) is 11.5 Å². The van der Waals surface area contributed by atoms with Gasteiger partial charge in [-0.15, -0.1) is 0 Å². The Morgan fingerprint density at radius 3 is 2.39 bits per heavy atom. The Morgan fingerprint density at radius 2 is 1.65 bits per heavy atom. The van der Waals surface area contributed by atoms with Crippen molar-refractivity contribution in [3.8, 4) is 11.5 Å². The summed E-state index contributed by atoms with van der Waals surface area (Å²) < 4.78 is 10.6. The monoisotopic (exact) mass is 418 g/mol. The van der Waals surface area contributed by atoms with Crippen molar-refractivity contribution in [1.29, 1.82) is 0 Å². The van der Waals surface area contributed by atoms with Crippen LogP contribution in [0.25, 0.3) is 10.8 Å². The third kappa shape index (κ3) is 4.83. The molecule has 0 N–H and O–H groups in total. The first-order valence-electron chi connectivity index (χ1n) is 10.8. The first-order chi connectivity index (χ1) is 15.1. The van der Waals surface area contributed by atoms with Crippen molar-refractivity contribution in [2.45, 2.75) is 25.4 Å². The number of carbonyl (C=O) groups is 1. The summed E-state index contributed by atoms with van der Waals surface area (Å²) in [6, 6.07) is 20.9. The van der Waals surface area contributed by atoms with Crippen LogP contribution in [0, 0.1) is 0 Å². The minimum atomic E-state index is 0.148. The second-order valence-corrected chi connectivity index (χ2v) is 8.20. The number of rotatable bonds is 7. The fourth-order valence-electron chi connectivity index (χ4n) is 4.37. The summed E-state index contributed by atoms with van der Waals surface area (Å²) in [4.78, 5) is 17.1. The van der Waals surface area contributed by atoms with Crippen molar-refractivity contribution in [3.05, 3.63) is 71.8 Å². The molecule has 1 aliphatic rings. The zero-order chi connectivity index (χ0) is 21.8. The lowest BCUT2D eigenvalue weighted by Gasteiger charge is -2.27. The van der Waals surface area contributed by atoms with Gasteiger partial charge in [0.15, 0.2) is 0 Å². The summed E-state index contributed by atoms with van der Waals surface area (Å²) >= 11 is 0. The number of carbonyl (C=O) groups excluding carboxylic acids is 1. The summed E-state index contributed by atoms with van der Waals surface area (Å²) in [5.74, 6) is 1.86. The highest BCUT2D eigenvalue weighted by Gasteiger charge is 2.28. The molecule has 5 heteroatoms. The van der Waals surface area contributed by atoms with Gasteiger partial charge in [0.05, 0.1) is 20.8 Å². The fraction of sp³-hybridized carbons (Fsp3) is 0.346. The lowest BCUT2D eigenvalue weighted by atomic mass is 10.0. The first-order valence-corrected chi connectivity index (χ1v) is 10.8. The van der Waals surface area contributed by atoms with E-state index in [-0.39, 0.29) is 5.91 Å². The Hall–Kier alpha value is -3.05. The van der Waals surface area contributed by atoms with Gasteiger partial charge in [-0.3, -0.25) is 9.69 Å². The molecule has 1 heterocycles. The molecule has 5 nitrogen and oxygen atoms in total. The maximum atomic E-state index is 13.0. The molecular weight excluding hydrogens is 388 g/mol. The van der Waals surface area contributed by atoms with Crippen LogP contribution in [0.15, 0.2) is 60.7 Å². The second-order valence-electron chi connectivity index (χ2n) is 8.20. The molecule has 0 aliphatic carbocycles. The van der Waals surface area contributed by atoms with Gasteiger partial charge in [0.25, 0.3) is 0 Å². The van der Waals surface area contributed by atoms with E-state index in [4.69, 9.17) is 9.47 Å². The third-order valence-electron chi connectivity index (χ3n) is 6.16. The molecule has 3 aromatic rings. The Morgan fingerprint density at radius 1 is 0.968 bits per heavy atom. The summed E-state index contributed by atoms with van der Waals surface area (Å²) in [5.41, 5.74) is 2.38. The number of hydrogen-bond acceptors (Lipinski definition) is 4. The molecule has 1 aliphatic heterocycles. The van der Waals surface area contributed by atoms with E-state index < -0.39 is 0 Å². The topological polar surface area (TPSA) is 42.0 Å². The Labute approximate surface area is 184 Å². The highest BCUT2D eigenvalue weighted by atomic mass is 16.5. The van der Waals surface area contributed by atoms with Crippen molar-refractivity contribution in [2.24, 2.45) is 0 Å². The van der Waals surface area contributed by atoms with Crippen molar-refractivity contribution in [1.82, 2.24) is 9.80 Å². The predicted octanol–water partition coefficient (Wildman–Crippen LogP) is 4.65. The molecule has 162 valence electrons.